The molecule has 0 fully saturated rings. The van der Waals surface area contributed by atoms with E-state index < -0.39 is 0 Å². The van der Waals surface area contributed by atoms with Gasteiger partial charge in [0.15, 0.2) is 0 Å². The Hall–Kier alpha value is -1.48. The average molecular weight is 316 g/mol. The van der Waals surface area contributed by atoms with E-state index in [1.54, 1.807) is 6.07 Å². The number of aromatic nitrogens is 1. The van der Waals surface area contributed by atoms with E-state index in [4.69, 9.17) is 0 Å². The molecular formula is C20H32N2O. The highest BCUT2D eigenvalue weighted by Gasteiger charge is 2.04. The molecule has 23 heavy (non-hydrogen) atoms. The van der Waals surface area contributed by atoms with Gasteiger partial charge in [-0.25, -0.2) is 0 Å². The molecule has 2 rings (SSSR count). The molecule has 1 aromatic carbocycles. The largest absolute Gasteiger partial charge is 0.508 e. The van der Waals surface area contributed by atoms with Gasteiger partial charge in [0, 0.05) is 17.1 Å². The molecule has 0 saturated carbocycles. The summed E-state index contributed by atoms with van der Waals surface area (Å²) in [4.78, 5) is 3.27. The van der Waals surface area contributed by atoms with Gasteiger partial charge in [0.25, 0.3) is 0 Å². The molecule has 0 atom stereocenters. The molecular weight excluding hydrogens is 284 g/mol. The monoisotopic (exact) mass is 316 g/mol. The highest BCUT2D eigenvalue weighted by molar-refractivity contribution is 5.84. The summed E-state index contributed by atoms with van der Waals surface area (Å²) in [6.45, 7) is 4.38. The van der Waals surface area contributed by atoms with Crippen LogP contribution in [0.1, 0.15) is 63.9 Å². The third-order valence-electron chi connectivity index (χ3n) is 4.53. The number of fused-ring (bicyclic) bond motifs is 1. The molecule has 0 unspecified atom stereocenters. The van der Waals surface area contributed by atoms with Crippen LogP contribution in [-0.2, 0) is 6.42 Å². The van der Waals surface area contributed by atoms with E-state index >= 15 is 0 Å². The Labute approximate surface area is 140 Å². The van der Waals surface area contributed by atoms with Gasteiger partial charge in [-0.2, -0.15) is 0 Å². The van der Waals surface area contributed by atoms with Crippen molar-refractivity contribution in [1.29, 1.82) is 0 Å². The second kappa shape index (κ2) is 10.3. The van der Waals surface area contributed by atoms with Gasteiger partial charge >= 0.3 is 0 Å². The van der Waals surface area contributed by atoms with Gasteiger partial charge in [-0.15, -0.1) is 0 Å². The maximum Gasteiger partial charge on any atom is 0.116 e. The zero-order valence-corrected chi connectivity index (χ0v) is 14.5. The van der Waals surface area contributed by atoms with Crippen LogP contribution in [-0.4, -0.2) is 23.2 Å². The fourth-order valence-corrected chi connectivity index (χ4v) is 3.11. The molecule has 1 aromatic heterocycles. The Morgan fingerprint density at radius 3 is 2.48 bits per heavy atom. The molecule has 0 aliphatic carbocycles. The molecule has 3 N–H and O–H groups in total. The summed E-state index contributed by atoms with van der Waals surface area (Å²) in [5.74, 6) is 0.338. The number of nitrogens with one attached hydrogen (secondary N) is 2. The van der Waals surface area contributed by atoms with Crippen molar-refractivity contribution >= 4 is 10.9 Å². The number of aromatic amines is 1. The number of rotatable bonds is 12. The maximum atomic E-state index is 9.60. The molecule has 3 nitrogen and oxygen atoms in total. The molecule has 128 valence electrons. The van der Waals surface area contributed by atoms with Gasteiger partial charge in [-0.3, -0.25) is 0 Å². The molecule has 1 heterocycles. The van der Waals surface area contributed by atoms with Crippen molar-refractivity contribution in [2.75, 3.05) is 13.1 Å². The lowest BCUT2D eigenvalue weighted by atomic mass is 10.1. The number of aromatic hydroxyl groups is 1. The number of unbranched alkanes of at least 4 members (excludes halogenated alkanes) is 7. The Balaban J connectivity index is 1.53. The van der Waals surface area contributed by atoms with Crippen LogP contribution in [0.2, 0.25) is 0 Å². The lowest BCUT2D eigenvalue weighted by Gasteiger charge is -2.05. The van der Waals surface area contributed by atoms with Crippen molar-refractivity contribution in [2.45, 2.75) is 64.7 Å². The first-order chi connectivity index (χ1) is 11.3. The molecule has 3 heteroatoms. The topological polar surface area (TPSA) is 48.0 Å². The molecule has 2 aromatic rings. The maximum absolute atomic E-state index is 9.60. The highest BCUT2D eigenvalue weighted by Crippen LogP contribution is 2.23. The van der Waals surface area contributed by atoms with Gasteiger partial charge in [0.05, 0.1) is 0 Å². The summed E-state index contributed by atoms with van der Waals surface area (Å²) in [6, 6.07) is 5.50. The minimum atomic E-state index is 0.338. The number of benzene rings is 1. The first-order valence-corrected chi connectivity index (χ1v) is 9.31. The van der Waals surface area contributed by atoms with Crippen LogP contribution in [0.25, 0.3) is 10.9 Å². The van der Waals surface area contributed by atoms with Crippen molar-refractivity contribution < 1.29 is 5.11 Å². The Morgan fingerprint density at radius 2 is 1.70 bits per heavy atom. The Kier molecular flexibility index (Phi) is 8.02. The molecule has 0 radical (unpaired) electrons. The predicted molar refractivity (Wildman–Crippen MR) is 99.1 cm³/mol. The van der Waals surface area contributed by atoms with Gasteiger partial charge in [-0.1, -0.05) is 51.9 Å². The summed E-state index contributed by atoms with van der Waals surface area (Å²) in [5.41, 5.74) is 2.38. The minimum Gasteiger partial charge on any atom is -0.508 e. The molecule has 0 aliphatic rings. The Morgan fingerprint density at radius 1 is 0.957 bits per heavy atom. The SMILES string of the molecule is CCCCCCCCCCNCCc1c[nH]c2ccc(O)cc12. The first kappa shape index (κ1) is 17.9. The van der Waals surface area contributed by atoms with Gasteiger partial charge in [0.2, 0.25) is 0 Å². The quantitative estimate of drug-likeness (QED) is 0.474. The molecule has 0 aliphatic heterocycles. The van der Waals surface area contributed by atoms with Gasteiger partial charge < -0.3 is 15.4 Å². The van der Waals surface area contributed by atoms with Crippen LogP contribution >= 0.6 is 0 Å². The van der Waals surface area contributed by atoms with Crippen molar-refractivity contribution in [3.05, 3.63) is 30.0 Å². The second-order valence-corrected chi connectivity index (χ2v) is 6.52. The third kappa shape index (κ3) is 6.26. The molecule has 0 spiro atoms. The zero-order valence-electron chi connectivity index (χ0n) is 14.5. The average Bonchev–Trinajstić information content (AvgIpc) is 2.95. The van der Waals surface area contributed by atoms with Crippen molar-refractivity contribution in [3.63, 3.8) is 0 Å². The van der Waals surface area contributed by atoms with E-state index in [2.05, 4.69) is 23.4 Å². The molecule has 0 amide bonds. The number of phenolic OH excluding ortho intramolecular Hbond substituents is 1. The summed E-state index contributed by atoms with van der Waals surface area (Å²) in [5, 5.41) is 14.3. The normalized spacial score (nSPS) is 11.3. The molecule has 0 saturated heterocycles. The minimum absolute atomic E-state index is 0.338. The number of H-pyrrole nitrogens is 1. The van der Waals surface area contributed by atoms with Crippen LogP contribution in [0, 0.1) is 0 Å². The van der Waals surface area contributed by atoms with E-state index in [-0.39, 0.29) is 0 Å². The number of hydrogen-bond acceptors (Lipinski definition) is 2. The lowest BCUT2D eigenvalue weighted by molar-refractivity contribution is 0.476. The van der Waals surface area contributed by atoms with E-state index in [0.717, 1.165) is 30.4 Å². The van der Waals surface area contributed by atoms with E-state index in [1.165, 1.54) is 56.9 Å². The lowest BCUT2D eigenvalue weighted by Crippen LogP contribution is -2.18. The second-order valence-electron chi connectivity index (χ2n) is 6.52. The zero-order chi connectivity index (χ0) is 16.3. The first-order valence-electron chi connectivity index (χ1n) is 9.31. The fraction of sp³-hybridized carbons (Fsp3) is 0.600. The summed E-state index contributed by atoms with van der Waals surface area (Å²) in [7, 11) is 0. The number of phenols is 1. The van der Waals surface area contributed by atoms with Crippen LogP contribution in [0.3, 0.4) is 0 Å². The van der Waals surface area contributed by atoms with Crippen molar-refractivity contribution in [2.24, 2.45) is 0 Å². The smallest absolute Gasteiger partial charge is 0.116 e. The number of hydrogen-bond donors (Lipinski definition) is 3. The van der Waals surface area contributed by atoms with E-state index in [1.807, 2.05) is 12.1 Å². The van der Waals surface area contributed by atoms with E-state index in [0.29, 0.717) is 5.75 Å². The van der Waals surface area contributed by atoms with Crippen molar-refractivity contribution in [1.82, 2.24) is 10.3 Å². The highest BCUT2D eigenvalue weighted by atomic mass is 16.3. The summed E-state index contributed by atoms with van der Waals surface area (Å²) < 4.78 is 0. The third-order valence-corrected chi connectivity index (χ3v) is 4.53. The van der Waals surface area contributed by atoms with Crippen LogP contribution in [0.5, 0.6) is 5.75 Å². The van der Waals surface area contributed by atoms with E-state index in [9.17, 15) is 5.11 Å². The van der Waals surface area contributed by atoms with Crippen LogP contribution in [0.15, 0.2) is 24.4 Å². The fourth-order valence-electron chi connectivity index (χ4n) is 3.11. The van der Waals surface area contributed by atoms with Crippen LogP contribution in [0.4, 0.5) is 0 Å². The van der Waals surface area contributed by atoms with Gasteiger partial charge in [-0.05, 0) is 49.7 Å². The summed E-state index contributed by atoms with van der Waals surface area (Å²) in [6.07, 6.45) is 14.0. The van der Waals surface area contributed by atoms with Crippen LogP contribution < -0.4 is 5.32 Å². The summed E-state index contributed by atoms with van der Waals surface area (Å²) >= 11 is 0. The predicted octanol–water partition coefficient (Wildman–Crippen LogP) is 5.15. The molecule has 0 bridgehead atoms. The Bertz CT molecular complexity index is 562. The standard InChI is InChI=1S/C20H32N2O/c1-2-3-4-5-6-7-8-9-13-21-14-12-17-16-22-20-11-10-18(23)15-19(17)20/h10-11,15-16,21-23H,2-9,12-14H2,1H3. The van der Waals surface area contributed by atoms with Gasteiger partial charge in [0.1, 0.15) is 5.75 Å². The van der Waals surface area contributed by atoms with Crippen molar-refractivity contribution in [3.8, 4) is 5.75 Å².